The largest absolute Gasteiger partial charge is 0.497 e. The summed E-state index contributed by atoms with van der Waals surface area (Å²) in [6, 6.07) is 9.44. The van der Waals surface area contributed by atoms with Crippen molar-refractivity contribution in [1.82, 2.24) is 5.01 Å². The molecule has 0 N–H and O–H groups in total. The summed E-state index contributed by atoms with van der Waals surface area (Å²) in [6.45, 7) is 7.53. The predicted molar refractivity (Wildman–Crippen MR) is 81.7 cm³/mol. The second-order valence-electron chi connectivity index (χ2n) is 4.52. The number of ketones is 1. The van der Waals surface area contributed by atoms with Crippen molar-refractivity contribution in [2.24, 2.45) is 5.10 Å². The Labute approximate surface area is 125 Å². The van der Waals surface area contributed by atoms with Crippen molar-refractivity contribution in [1.29, 1.82) is 5.26 Å². The van der Waals surface area contributed by atoms with Crippen LogP contribution in [0.4, 0.5) is 0 Å². The van der Waals surface area contributed by atoms with Crippen LogP contribution in [0.2, 0.25) is 0 Å². The van der Waals surface area contributed by atoms with Gasteiger partial charge in [0.25, 0.3) is 0 Å². The lowest BCUT2D eigenvalue weighted by atomic mass is 10.1. The minimum atomic E-state index is -0.196. The number of benzene rings is 1. The molecule has 0 aliphatic heterocycles. The molecule has 0 aromatic heterocycles. The van der Waals surface area contributed by atoms with E-state index in [4.69, 9.17) is 10.00 Å². The van der Waals surface area contributed by atoms with Crippen LogP contribution in [0.5, 0.6) is 5.75 Å². The van der Waals surface area contributed by atoms with Gasteiger partial charge in [0.05, 0.1) is 26.1 Å². The van der Waals surface area contributed by atoms with Crippen molar-refractivity contribution in [3.8, 4) is 11.8 Å². The third kappa shape index (κ3) is 4.46. The van der Waals surface area contributed by atoms with E-state index in [-0.39, 0.29) is 12.2 Å². The molecule has 5 heteroatoms. The number of rotatable bonds is 7. The fourth-order valence-corrected chi connectivity index (χ4v) is 1.78. The summed E-state index contributed by atoms with van der Waals surface area (Å²) in [5.41, 5.74) is 2.24. The molecule has 1 rings (SSSR count). The van der Waals surface area contributed by atoms with Crippen LogP contribution in [0.25, 0.3) is 0 Å². The van der Waals surface area contributed by atoms with Crippen LogP contribution >= 0.6 is 0 Å². The van der Waals surface area contributed by atoms with E-state index in [9.17, 15) is 4.79 Å². The fourth-order valence-electron chi connectivity index (χ4n) is 1.78. The lowest BCUT2D eigenvalue weighted by Crippen LogP contribution is -2.17. The number of Topliss-reactive ketones (excluding diaryl/α,β-unsaturated/α-hetero) is 1. The Kier molecular flexibility index (Phi) is 6.15. The van der Waals surface area contributed by atoms with Crippen LogP contribution in [-0.2, 0) is 11.3 Å². The molecule has 0 spiro atoms. The molecule has 0 saturated heterocycles. The van der Waals surface area contributed by atoms with Gasteiger partial charge < -0.3 is 4.74 Å². The first-order valence-corrected chi connectivity index (χ1v) is 6.48. The van der Waals surface area contributed by atoms with E-state index in [0.29, 0.717) is 17.8 Å². The Morgan fingerprint density at radius 3 is 2.48 bits per heavy atom. The van der Waals surface area contributed by atoms with Gasteiger partial charge in [0.1, 0.15) is 5.75 Å². The first-order valence-electron chi connectivity index (χ1n) is 6.48. The van der Waals surface area contributed by atoms with E-state index in [1.54, 1.807) is 26.0 Å². The minimum absolute atomic E-state index is 0.128. The molecule has 0 saturated carbocycles. The van der Waals surface area contributed by atoms with Crippen molar-refractivity contribution >= 4 is 12.5 Å². The van der Waals surface area contributed by atoms with Crippen LogP contribution < -0.4 is 4.74 Å². The van der Waals surface area contributed by atoms with Gasteiger partial charge in [0.2, 0.25) is 0 Å². The Bertz CT molecular complexity index is 583. The topological polar surface area (TPSA) is 65.7 Å². The summed E-state index contributed by atoms with van der Waals surface area (Å²) >= 11 is 0. The monoisotopic (exact) mass is 285 g/mol. The lowest BCUT2D eigenvalue weighted by Gasteiger charge is -2.21. The zero-order valence-electron chi connectivity index (χ0n) is 12.6. The molecule has 0 fully saturated rings. The summed E-state index contributed by atoms with van der Waals surface area (Å²) in [6.07, 6.45) is -0.128. The number of carbonyl (C=O) groups excluding carboxylic acids is 1. The van der Waals surface area contributed by atoms with Crippen molar-refractivity contribution in [2.75, 3.05) is 7.11 Å². The third-order valence-electron chi connectivity index (χ3n) is 3.25. The van der Waals surface area contributed by atoms with E-state index in [1.807, 2.05) is 30.3 Å². The maximum absolute atomic E-state index is 11.8. The molecular weight excluding hydrogens is 266 g/mol. The quantitative estimate of drug-likeness (QED) is 0.439. The minimum Gasteiger partial charge on any atom is -0.497 e. The molecule has 0 atom stereocenters. The van der Waals surface area contributed by atoms with Crippen LogP contribution in [0.15, 0.2) is 40.6 Å². The van der Waals surface area contributed by atoms with Gasteiger partial charge in [-0.3, -0.25) is 9.80 Å². The fraction of sp³-hybridized carbons (Fsp3) is 0.312. The normalized spacial score (nSPS) is 11.1. The molecular formula is C16H19N3O2. The Morgan fingerprint density at radius 1 is 1.38 bits per heavy atom. The third-order valence-corrected chi connectivity index (χ3v) is 3.25. The molecule has 0 heterocycles. The van der Waals surface area contributed by atoms with Gasteiger partial charge in [-0.2, -0.15) is 10.4 Å². The zero-order valence-corrected chi connectivity index (χ0v) is 12.6. The van der Waals surface area contributed by atoms with Crippen molar-refractivity contribution in [3.05, 3.63) is 41.1 Å². The van der Waals surface area contributed by atoms with Crippen LogP contribution in [0, 0.1) is 11.3 Å². The van der Waals surface area contributed by atoms with E-state index in [2.05, 4.69) is 11.8 Å². The van der Waals surface area contributed by atoms with Gasteiger partial charge in [-0.05, 0) is 31.5 Å². The van der Waals surface area contributed by atoms with Crippen molar-refractivity contribution in [2.45, 2.75) is 26.8 Å². The summed E-state index contributed by atoms with van der Waals surface area (Å²) in [5.74, 6) is 0.586. The molecule has 0 bridgehead atoms. The summed E-state index contributed by atoms with van der Waals surface area (Å²) in [4.78, 5) is 11.8. The summed E-state index contributed by atoms with van der Waals surface area (Å²) < 4.78 is 5.11. The first kappa shape index (κ1) is 16.4. The molecule has 1 aromatic carbocycles. The number of hydrazone groups is 1. The maximum atomic E-state index is 11.8. The van der Waals surface area contributed by atoms with Gasteiger partial charge in [0.15, 0.2) is 5.78 Å². The number of hydrogen-bond donors (Lipinski definition) is 0. The number of carbonyl (C=O) groups is 1. The van der Waals surface area contributed by atoms with Gasteiger partial charge in [-0.15, -0.1) is 0 Å². The molecule has 5 nitrogen and oxygen atoms in total. The standard InChI is InChI=1S/C16H19N3O2/c1-12(16(20)9-10-17)13(2)19(18-3)11-14-5-7-15(21-4)8-6-14/h5-8H,3,9,11H2,1-2,4H3/b13-12+. The van der Waals surface area contributed by atoms with Crippen LogP contribution in [-0.4, -0.2) is 24.6 Å². The summed E-state index contributed by atoms with van der Waals surface area (Å²) in [5, 5.41) is 14.2. The summed E-state index contributed by atoms with van der Waals surface area (Å²) in [7, 11) is 1.61. The average Bonchev–Trinajstić information content (AvgIpc) is 2.52. The highest BCUT2D eigenvalue weighted by Gasteiger charge is 2.13. The van der Waals surface area contributed by atoms with E-state index in [1.165, 1.54) is 0 Å². The predicted octanol–water partition coefficient (Wildman–Crippen LogP) is 2.89. The Hall–Kier alpha value is -2.61. The number of nitriles is 1. The number of nitrogens with zero attached hydrogens (tertiary/aromatic N) is 3. The highest BCUT2D eigenvalue weighted by Crippen LogP contribution is 2.18. The number of ether oxygens (including phenoxy) is 1. The molecule has 0 aliphatic rings. The molecule has 0 aliphatic carbocycles. The Morgan fingerprint density at radius 2 is 2.00 bits per heavy atom. The number of hydrogen-bond acceptors (Lipinski definition) is 5. The second kappa shape index (κ2) is 7.85. The van der Waals surface area contributed by atoms with Crippen molar-refractivity contribution in [3.63, 3.8) is 0 Å². The highest BCUT2D eigenvalue weighted by molar-refractivity contribution is 5.96. The molecule has 0 unspecified atom stereocenters. The highest BCUT2D eigenvalue weighted by atomic mass is 16.5. The van der Waals surface area contributed by atoms with Gasteiger partial charge in [0, 0.05) is 18.0 Å². The lowest BCUT2D eigenvalue weighted by molar-refractivity contribution is -0.114. The molecule has 21 heavy (non-hydrogen) atoms. The molecule has 0 amide bonds. The van der Waals surface area contributed by atoms with Crippen LogP contribution in [0.3, 0.4) is 0 Å². The molecule has 110 valence electrons. The first-order chi connectivity index (χ1) is 10.0. The van der Waals surface area contributed by atoms with E-state index >= 15 is 0 Å². The van der Waals surface area contributed by atoms with E-state index in [0.717, 1.165) is 11.3 Å². The zero-order chi connectivity index (χ0) is 15.8. The smallest absolute Gasteiger partial charge is 0.174 e. The number of methoxy groups -OCH3 is 1. The number of allylic oxidation sites excluding steroid dienone is 2. The molecule has 0 radical (unpaired) electrons. The van der Waals surface area contributed by atoms with Crippen LogP contribution in [0.1, 0.15) is 25.8 Å². The SMILES string of the molecule is C=NN(Cc1ccc(OC)cc1)/C(C)=C(\C)C(=O)CC#N. The molecule has 1 aromatic rings. The average molecular weight is 285 g/mol. The van der Waals surface area contributed by atoms with Gasteiger partial charge >= 0.3 is 0 Å². The maximum Gasteiger partial charge on any atom is 0.174 e. The van der Waals surface area contributed by atoms with Crippen molar-refractivity contribution < 1.29 is 9.53 Å². The van der Waals surface area contributed by atoms with Gasteiger partial charge in [-0.25, -0.2) is 0 Å². The second-order valence-corrected chi connectivity index (χ2v) is 4.52. The Balaban J connectivity index is 2.91. The van der Waals surface area contributed by atoms with E-state index < -0.39 is 0 Å². The van der Waals surface area contributed by atoms with Gasteiger partial charge in [-0.1, -0.05) is 12.1 Å².